The van der Waals surface area contributed by atoms with Gasteiger partial charge in [0.1, 0.15) is 5.76 Å². The number of aromatic nitrogens is 1. The number of oxazole rings is 1. The van der Waals surface area contributed by atoms with Gasteiger partial charge in [-0.3, -0.25) is 4.90 Å². The molecule has 0 aliphatic heterocycles. The summed E-state index contributed by atoms with van der Waals surface area (Å²) in [5.74, 6) is 2.33. The number of nitrogens with one attached hydrogen (secondary N) is 2. The van der Waals surface area contributed by atoms with Crippen molar-refractivity contribution in [2.75, 3.05) is 13.6 Å². The van der Waals surface area contributed by atoms with Crippen molar-refractivity contribution in [3.05, 3.63) is 52.7 Å². The van der Waals surface area contributed by atoms with Gasteiger partial charge in [-0.1, -0.05) is 43.5 Å². The van der Waals surface area contributed by atoms with E-state index in [0.29, 0.717) is 25.0 Å². The molecule has 1 aliphatic rings. The Labute approximate surface area is 204 Å². The molecule has 31 heavy (non-hydrogen) atoms. The number of nitrogens with zero attached hydrogens (tertiary/aromatic N) is 3. The van der Waals surface area contributed by atoms with Gasteiger partial charge in [0, 0.05) is 19.1 Å². The van der Waals surface area contributed by atoms with Crippen LogP contribution in [0.3, 0.4) is 0 Å². The molecule has 1 saturated carbocycles. The van der Waals surface area contributed by atoms with Gasteiger partial charge in [-0.15, -0.1) is 24.0 Å². The SMILES string of the molecule is CCNC(=NCc1ccccc1CN(C)C1CCCCC1)NCc1nc(C)c(C)o1.I. The summed E-state index contributed by atoms with van der Waals surface area (Å²) in [7, 11) is 2.27. The van der Waals surface area contributed by atoms with E-state index in [1.165, 1.54) is 43.2 Å². The maximum absolute atomic E-state index is 5.66. The number of rotatable bonds is 8. The second kappa shape index (κ2) is 13.1. The average Bonchev–Trinajstić information content (AvgIpc) is 3.09. The van der Waals surface area contributed by atoms with Gasteiger partial charge < -0.3 is 15.1 Å². The molecule has 1 aromatic carbocycles. The summed E-state index contributed by atoms with van der Waals surface area (Å²) >= 11 is 0. The molecule has 1 aliphatic carbocycles. The molecule has 0 saturated heterocycles. The van der Waals surface area contributed by atoms with Crippen LogP contribution in [-0.2, 0) is 19.6 Å². The molecule has 0 atom stereocenters. The zero-order valence-electron chi connectivity index (χ0n) is 19.4. The van der Waals surface area contributed by atoms with E-state index in [1.54, 1.807) is 0 Å². The minimum absolute atomic E-state index is 0. The molecule has 0 bridgehead atoms. The van der Waals surface area contributed by atoms with E-state index in [1.807, 2.05) is 13.8 Å². The third-order valence-corrected chi connectivity index (χ3v) is 5.97. The molecule has 7 heteroatoms. The first-order valence-corrected chi connectivity index (χ1v) is 11.3. The molecule has 0 spiro atoms. The molecule has 172 valence electrons. The zero-order valence-corrected chi connectivity index (χ0v) is 21.7. The maximum Gasteiger partial charge on any atom is 0.214 e. The van der Waals surface area contributed by atoms with E-state index in [4.69, 9.17) is 9.41 Å². The van der Waals surface area contributed by atoms with E-state index < -0.39 is 0 Å². The Kier molecular flexibility index (Phi) is 10.8. The third kappa shape index (κ3) is 7.79. The summed E-state index contributed by atoms with van der Waals surface area (Å²) in [5, 5.41) is 6.65. The Morgan fingerprint density at radius 1 is 1.13 bits per heavy atom. The van der Waals surface area contributed by atoms with Crippen LogP contribution < -0.4 is 10.6 Å². The van der Waals surface area contributed by atoms with Crippen LogP contribution in [-0.4, -0.2) is 35.5 Å². The second-order valence-corrected chi connectivity index (χ2v) is 8.27. The van der Waals surface area contributed by atoms with Crippen molar-refractivity contribution in [1.82, 2.24) is 20.5 Å². The van der Waals surface area contributed by atoms with E-state index in [2.05, 4.69) is 58.8 Å². The summed E-state index contributed by atoms with van der Waals surface area (Å²) < 4.78 is 5.66. The van der Waals surface area contributed by atoms with Crippen molar-refractivity contribution in [2.45, 2.75) is 78.6 Å². The van der Waals surface area contributed by atoms with Crippen molar-refractivity contribution in [1.29, 1.82) is 0 Å². The Bertz CT molecular complexity index is 810. The largest absolute Gasteiger partial charge is 0.444 e. The van der Waals surface area contributed by atoms with Gasteiger partial charge in [-0.25, -0.2) is 9.98 Å². The Hall–Kier alpha value is -1.61. The van der Waals surface area contributed by atoms with Crippen LogP contribution in [0.1, 0.15) is 67.5 Å². The van der Waals surface area contributed by atoms with E-state index >= 15 is 0 Å². The van der Waals surface area contributed by atoms with Crippen LogP contribution >= 0.6 is 24.0 Å². The van der Waals surface area contributed by atoms with Crippen LogP contribution in [0, 0.1) is 13.8 Å². The molecule has 2 aromatic rings. The van der Waals surface area contributed by atoms with Crippen LogP contribution in [0.4, 0.5) is 0 Å². The van der Waals surface area contributed by atoms with Crippen molar-refractivity contribution in [2.24, 2.45) is 4.99 Å². The Balaban J connectivity index is 0.00000341. The molecule has 1 heterocycles. The van der Waals surface area contributed by atoms with Crippen LogP contribution in [0.15, 0.2) is 33.7 Å². The number of aliphatic imine (C=N–C) groups is 1. The maximum atomic E-state index is 5.66. The van der Waals surface area contributed by atoms with Crippen LogP contribution in [0.2, 0.25) is 0 Å². The molecular weight excluding hydrogens is 501 g/mol. The van der Waals surface area contributed by atoms with E-state index in [9.17, 15) is 0 Å². The topological polar surface area (TPSA) is 65.7 Å². The Morgan fingerprint density at radius 3 is 2.48 bits per heavy atom. The molecule has 2 N–H and O–H groups in total. The standard InChI is InChI=1S/C24H37N5O.HI/c1-5-25-24(27-16-23-28-18(2)19(3)30-23)26-15-20-11-9-10-12-21(20)17-29(4)22-13-7-6-8-14-22;/h9-12,22H,5-8,13-17H2,1-4H3,(H2,25,26,27);1H. The van der Waals surface area contributed by atoms with Crippen molar-refractivity contribution in [3.63, 3.8) is 0 Å². The number of hydrogen-bond acceptors (Lipinski definition) is 4. The van der Waals surface area contributed by atoms with E-state index in [-0.39, 0.29) is 24.0 Å². The Morgan fingerprint density at radius 2 is 1.84 bits per heavy atom. The fourth-order valence-corrected chi connectivity index (χ4v) is 4.07. The number of guanidine groups is 1. The summed E-state index contributed by atoms with van der Waals surface area (Å²) in [6.45, 7) is 8.93. The van der Waals surface area contributed by atoms with E-state index in [0.717, 1.165) is 30.5 Å². The molecule has 6 nitrogen and oxygen atoms in total. The van der Waals surface area contributed by atoms with Gasteiger partial charge >= 0.3 is 0 Å². The fraction of sp³-hybridized carbons (Fsp3) is 0.583. The summed E-state index contributed by atoms with van der Waals surface area (Å²) in [5.41, 5.74) is 3.58. The van der Waals surface area contributed by atoms with Gasteiger partial charge in [0.2, 0.25) is 5.89 Å². The van der Waals surface area contributed by atoms with Crippen molar-refractivity contribution in [3.8, 4) is 0 Å². The molecule has 0 amide bonds. The lowest BCUT2D eigenvalue weighted by molar-refractivity contribution is 0.184. The number of hydrogen-bond donors (Lipinski definition) is 2. The molecule has 0 unspecified atom stereocenters. The molecule has 1 aromatic heterocycles. The normalized spacial score (nSPS) is 15.1. The van der Waals surface area contributed by atoms with Crippen molar-refractivity contribution >= 4 is 29.9 Å². The molecule has 0 radical (unpaired) electrons. The van der Waals surface area contributed by atoms with Gasteiger partial charge in [0.05, 0.1) is 18.8 Å². The monoisotopic (exact) mass is 539 g/mol. The lowest BCUT2D eigenvalue weighted by atomic mass is 9.94. The molecular formula is C24H38IN5O. The quantitative estimate of drug-likeness (QED) is 0.283. The molecule has 3 rings (SSSR count). The minimum atomic E-state index is 0. The highest BCUT2D eigenvalue weighted by Crippen LogP contribution is 2.23. The van der Waals surface area contributed by atoms with Crippen LogP contribution in [0.25, 0.3) is 0 Å². The number of halogens is 1. The van der Waals surface area contributed by atoms with Crippen molar-refractivity contribution < 1.29 is 4.42 Å². The summed E-state index contributed by atoms with van der Waals surface area (Å²) in [6, 6.07) is 9.38. The number of aryl methyl sites for hydroxylation is 2. The predicted octanol–water partition coefficient (Wildman–Crippen LogP) is 4.93. The van der Waals surface area contributed by atoms with Gasteiger partial charge in [0.15, 0.2) is 5.96 Å². The first kappa shape index (κ1) is 25.6. The minimum Gasteiger partial charge on any atom is -0.444 e. The fourth-order valence-electron chi connectivity index (χ4n) is 4.07. The highest BCUT2D eigenvalue weighted by atomic mass is 127. The first-order valence-electron chi connectivity index (χ1n) is 11.3. The highest BCUT2D eigenvalue weighted by molar-refractivity contribution is 14.0. The smallest absolute Gasteiger partial charge is 0.214 e. The number of benzene rings is 1. The predicted molar refractivity (Wildman–Crippen MR) is 138 cm³/mol. The third-order valence-electron chi connectivity index (χ3n) is 5.97. The summed E-state index contributed by atoms with van der Waals surface area (Å²) in [4.78, 5) is 11.8. The van der Waals surface area contributed by atoms with Gasteiger partial charge in [-0.2, -0.15) is 0 Å². The lowest BCUT2D eigenvalue weighted by Gasteiger charge is -2.31. The molecule has 1 fully saturated rings. The second-order valence-electron chi connectivity index (χ2n) is 8.27. The zero-order chi connectivity index (χ0) is 21.3. The first-order chi connectivity index (χ1) is 14.6. The van der Waals surface area contributed by atoms with Crippen LogP contribution in [0.5, 0.6) is 0 Å². The lowest BCUT2D eigenvalue weighted by Crippen LogP contribution is -2.37. The van der Waals surface area contributed by atoms with Gasteiger partial charge in [0.25, 0.3) is 0 Å². The highest BCUT2D eigenvalue weighted by Gasteiger charge is 2.18. The van der Waals surface area contributed by atoms with Gasteiger partial charge in [-0.05, 0) is 51.8 Å². The average molecular weight is 540 g/mol. The summed E-state index contributed by atoms with van der Waals surface area (Å²) in [6.07, 6.45) is 6.77.